The average Bonchev–Trinajstić information content (AvgIpc) is 3.22. The van der Waals surface area contributed by atoms with E-state index in [2.05, 4.69) is 0 Å². The van der Waals surface area contributed by atoms with Crippen molar-refractivity contribution in [3.05, 3.63) is 47.9 Å². The van der Waals surface area contributed by atoms with Crippen LogP contribution in [0.4, 0.5) is 18.9 Å². The van der Waals surface area contributed by atoms with Crippen LogP contribution >= 0.6 is 11.8 Å². The zero-order valence-corrected chi connectivity index (χ0v) is 17.8. The molecule has 2 aliphatic rings. The van der Waals surface area contributed by atoms with E-state index in [4.69, 9.17) is 4.42 Å². The molecule has 1 unspecified atom stereocenters. The minimum absolute atomic E-state index is 0.166. The molecule has 3 heterocycles. The van der Waals surface area contributed by atoms with E-state index in [1.54, 1.807) is 17.0 Å². The number of halogens is 3. The molecule has 2 aliphatic heterocycles. The molecule has 2 aromatic rings. The van der Waals surface area contributed by atoms with E-state index in [1.807, 2.05) is 6.92 Å². The van der Waals surface area contributed by atoms with Crippen molar-refractivity contribution < 1.29 is 27.2 Å². The van der Waals surface area contributed by atoms with Gasteiger partial charge in [-0.3, -0.25) is 9.59 Å². The van der Waals surface area contributed by atoms with Gasteiger partial charge >= 0.3 is 6.18 Å². The summed E-state index contributed by atoms with van der Waals surface area (Å²) in [5.74, 6) is -0.449. The molecule has 1 atom stereocenters. The van der Waals surface area contributed by atoms with Gasteiger partial charge in [-0.1, -0.05) is 6.92 Å². The van der Waals surface area contributed by atoms with Gasteiger partial charge in [-0.05, 0) is 49.6 Å². The van der Waals surface area contributed by atoms with E-state index in [0.717, 1.165) is 12.1 Å². The number of likely N-dealkylation sites (tertiary alicyclic amines) is 1. The van der Waals surface area contributed by atoms with E-state index >= 15 is 0 Å². The van der Waals surface area contributed by atoms with E-state index in [1.165, 1.54) is 29.0 Å². The average molecular weight is 452 g/mol. The molecule has 1 fully saturated rings. The normalized spacial score (nSPS) is 20.3. The summed E-state index contributed by atoms with van der Waals surface area (Å²) in [6, 6.07) is 6.88. The number of amides is 2. The van der Waals surface area contributed by atoms with Crippen LogP contribution in [-0.4, -0.2) is 41.6 Å². The lowest BCUT2D eigenvalue weighted by Crippen LogP contribution is -2.45. The Kier molecular flexibility index (Phi) is 6.05. The Morgan fingerprint density at radius 1 is 1.10 bits per heavy atom. The van der Waals surface area contributed by atoms with Crippen molar-refractivity contribution in [2.24, 2.45) is 5.92 Å². The number of piperidine rings is 1. The van der Waals surface area contributed by atoms with Gasteiger partial charge in [-0.15, -0.1) is 11.8 Å². The number of rotatable bonds is 2. The number of carbonyl (C=O) groups is 2. The highest BCUT2D eigenvalue weighted by Crippen LogP contribution is 2.42. The fourth-order valence-electron chi connectivity index (χ4n) is 4.05. The standard InChI is InChI=1S/C22H23F3N2O3S/c1-14-6-11-27(17-13-16(22(23,24)25)4-5-19(17)31-14)20(28)15-7-9-26(10-8-15)21(29)18-3-2-12-30-18/h2-5,12-15H,6-11H2,1H3. The van der Waals surface area contributed by atoms with Gasteiger partial charge in [-0.25, -0.2) is 0 Å². The second-order valence-electron chi connectivity index (χ2n) is 7.93. The highest BCUT2D eigenvalue weighted by Gasteiger charge is 2.36. The molecule has 0 N–H and O–H groups in total. The highest BCUT2D eigenvalue weighted by molar-refractivity contribution is 8.00. The van der Waals surface area contributed by atoms with Crippen LogP contribution in [0.3, 0.4) is 0 Å². The molecule has 5 nitrogen and oxygen atoms in total. The Hall–Kier alpha value is -2.42. The van der Waals surface area contributed by atoms with Crippen molar-refractivity contribution in [1.82, 2.24) is 4.90 Å². The SMILES string of the molecule is CC1CCN(C(=O)C2CCN(C(=O)c3ccco3)CC2)c2cc(C(F)(F)F)ccc2S1. The van der Waals surface area contributed by atoms with Gasteiger partial charge in [0.2, 0.25) is 5.91 Å². The topological polar surface area (TPSA) is 53.8 Å². The van der Waals surface area contributed by atoms with Gasteiger partial charge in [0.25, 0.3) is 5.91 Å². The Morgan fingerprint density at radius 2 is 1.84 bits per heavy atom. The van der Waals surface area contributed by atoms with Crippen LogP contribution in [0.5, 0.6) is 0 Å². The van der Waals surface area contributed by atoms with Gasteiger partial charge in [0.15, 0.2) is 5.76 Å². The molecule has 0 aliphatic carbocycles. The maximum absolute atomic E-state index is 13.4. The van der Waals surface area contributed by atoms with Gasteiger partial charge in [0.1, 0.15) is 0 Å². The third-order valence-corrected chi connectivity index (χ3v) is 7.03. The minimum Gasteiger partial charge on any atom is -0.459 e. The Morgan fingerprint density at radius 3 is 2.48 bits per heavy atom. The smallest absolute Gasteiger partial charge is 0.416 e. The molecule has 0 saturated carbocycles. The summed E-state index contributed by atoms with van der Waals surface area (Å²) in [4.78, 5) is 29.7. The van der Waals surface area contributed by atoms with Crippen molar-refractivity contribution in [2.75, 3.05) is 24.5 Å². The van der Waals surface area contributed by atoms with Crippen LogP contribution in [0.25, 0.3) is 0 Å². The predicted octanol–water partition coefficient (Wildman–Crippen LogP) is 5.07. The van der Waals surface area contributed by atoms with Crippen molar-refractivity contribution in [2.45, 2.75) is 42.5 Å². The molecular weight excluding hydrogens is 429 g/mol. The number of fused-ring (bicyclic) bond motifs is 1. The second-order valence-corrected chi connectivity index (χ2v) is 9.41. The molecule has 4 rings (SSSR count). The van der Waals surface area contributed by atoms with Crippen LogP contribution in [0.2, 0.25) is 0 Å². The first-order chi connectivity index (χ1) is 14.7. The Balaban J connectivity index is 1.52. The fraction of sp³-hybridized carbons (Fsp3) is 0.455. The quantitative estimate of drug-likeness (QED) is 0.639. The number of hydrogen-bond acceptors (Lipinski definition) is 4. The zero-order chi connectivity index (χ0) is 22.2. The van der Waals surface area contributed by atoms with Crippen LogP contribution in [0.15, 0.2) is 45.9 Å². The first kappa shape index (κ1) is 21.8. The summed E-state index contributed by atoms with van der Waals surface area (Å²) in [7, 11) is 0. The molecule has 31 heavy (non-hydrogen) atoms. The maximum Gasteiger partial charge on any atom is 0.416 e. The Labute approximate surface area is 182 Å². The van der Waals surface area contributed by atoms with E-state index in [0.29, 0.717) is 49.5 Å². The number of furan rings is 1. The fourth-order valence-corrected chi connectivity index (χ4v) is 5.14. The van der Waals surface area contributed by atoms with Crippen LogP contribution in [0, 0.1) is 5.92 Å². The summed E-state index contributed by atoms with van der Waals surface area (Å²) < 4.78 is 45.1. The van der Waals surface area contributed by atoms with Gasteiger partial charge in [0, 0.05) is 35.7 Å². The van der Waals surface area contributed by atoms with E-state index in [9.17, 15) is 22.8 Å². The largest absolute Gasteiger partial charge is 0.459 e. The summed E-state index contributed by atoms with van der Waals surface area (Å²) in [6.07, 6.45) is -1.39. The lowest BCUT2D eigenvalue weighted by Gasteiger charge is -2.34. The number of hydrogen-bond donors (Lipinski definition) is 0. The van der Waals surface area contributed by atoms with Gasteiger partial charge in [-0.2, -0.15) is 13.2 Å². The number of alkyl halides is 3. The number of carbonyl (C=O) groups excluding carboxylic acids is 2. The molecule has 0 bridgehead atoms. The third-order valence-electron chi connectivity index (χ3n) is 5.79. The molecular formula is C22H23F3N2O3S. The summed E-state index contributed by atoms with van der Waals surface area (Å²) >= 11 is 1.50. The zero-order valence-electron chi connectivity index (χ0n) is 17.0. The van der Waals surface area contributed by atoms with Crippen molar-refractivity contribution in [3.8, 4) is 0 Å². The van der Waals surface area contributed by atoms with Gasteiger partial charge < -0.3 is 14.2 Å². The first-order valence-corrected chi connectivity index (χ1v) is 11.1. The van der Waals surface area contributed by atoms with E-state index < -0.39 is 11.7 Å². The summed E-state index contributed by atoms with van der Waals surface area (Å²) in [5.41, 5.74) is -0.415. The molecule has 0 radical (unpaired) electrons. The van der Waals surface area contributed by atoms with Crippen molar-refractivity contribution in [1.29, 1.82) is 0 Å². The number of thioether (sulfide) groups is 1. The molecule has 1 aromatic carbocycles. The highest BCUT2D eigenvalue weighted by atomic mass is 32.2. The van der Waals surface area contributed by atoms with Crippen LogP contribution in [-0.2, 0) is 11.0 Å². The van der Waals surface area contributed by atoms with Crippen LogP contribution < -0.4 is 4.90 Å². The summed E-state index contributed by atoms with van der Waals surface area (Å²) in [6.45, 7) is 3.21. The predicted molar refractivity (Wildman–Crippen MR) is 111 cm³/mol. The first-order valence-electron chi connectivity index (χ1n) is 10.3. The molecule has 166 valence electrons. The number of anilines is 1. The monoisotopic (exact) mass is 452 g/mol. The van der Waals surface area contributed by atoms with Crippen LogP contribution in [0.1, 0.15) is 42.3 Å². The number of nitrogens with zero attached hydrogens (tertiary/aromatic N) is 2. The van der Waals surface area contributed by atoms with Gasteiger partial charge in [0.05, 0.1) is 17.5 Å². The minimum atomic E-state index is -4.47. The molecule has 1 aromatic heterocycles. The van der Waals surface area contributed by atoms with Crippen molar-refractivity contribution >= 4 is 29.3 Å². The number of benzene rings is 1. The lowest BCUT2D eigenvalue weighted by molar-refractivity contribution is -0.137. The van der Waals surface area contributed by atoms with Crippen molar-refractivity contribution in [3.63, 3.8) is 0 Å². The lowest BCUT2D eigenvalue weighted by atomic mass is 9.94. The third kappa shape index (κ3) is 4.61. The molecule has 9 heteroatoms. The summed E-state index contributed by atoms with van der Waals surface area (Å²) in [5, 5.41) is 0.195. The Bertz CT molecular complexity index is 953. The second kappa shape index (κ2) is 8.61. The maximum atomic E-state index is 13.4. The molecule has 2 amide bonds. The van der Waals surface area contributed by atoms with E-state index in [-0.39, 0.29) is 28.7 Å². The molecule has 0 spiro atoms. The molecule has 1 saturated heterocycles.